The van der Waals surface area contributed by atoms with Gasteiger partial charge in [0.05, 0.1) is 23.0 Å². The summed E-state index contributed by atoms with van der Waals surface area (Å²) in [6, 6.07) is 7.80. The molecule has 0 aliphatic carbocycles. The maximum atomic E-state index is 6.20. The van der Waals surface area contributed by atoms with E-state index in [9.17, 15) is 0 Å². The summed E-state index contributed by atoms with van der Waals surface area (Å²) in [6.07, 6.45) is 0. The molecule has 0 spiro atoms. The number of aromatic nitrogens is 1. The summed E-state index contributed by atoms with van der Waals surface area (Å²) in [7, 11) is 1.65. The fourth-order valence-electron chi connectivity index (χ4n) is 2.05. The van der Waals surface area contributed by atoms with Gasteiger partial charge in [0, 0.05) is 16.8 Å². The van der Waals surface area contributed by atoms with Gasteiger partial charge in [-0.05, 0) is 35.8 Å². The molecule has 2 aromatic rings. The average Bonchev–Trinajstić information content (AvgIpc) is 2.37. The van der Waals surface area contributed by atoms with Gasteiger partial charge in [0.2, 0.25) is 0 Å². The topological polar surface area (TPSA) is 48.1 Å². The first kappa shape index (κ1) is 12.9. The number of benzene rings is 1. The Morgan fingerprint density at radius 2 is 1.83 bits per heavy atom. The third kappa shape index (κ3) is 2.08. The third-order valence-corrected chi connectivity index (χ3v) is 3.90. The molecule has 0 atom stereocenters. The molecule has 94 valence electrons. The minimum atomic E-state index is 0.699. The summed E-state index contributed by atoms with van der Waals surface area (Å²) in [5, 5.41) is 0. The fraction of sp³-hybridized carbons (Fsp3) is 0.214. The Labute approximate surface area is 115 Å². The highest BCUT2D eigenvalue weighted by Crippen LogP contribution is 2.39. The molecule has 2 N–H and O–H groups in total. The number of nitrogen functional groups attached to an aromatic ring is 1. The number of nitrogens with zero attached hydrogens (tertiary/aromatic N) is 1. The molecule has 1 heterocycles. The molecule has 1 aromatic heterocycles. The molecule has 2 rings (SSSR count). The highest BCUT2D eigenvalue weighted by Gasteiger charge is 2.16. The van der Waals surface area contributed by atoms with Crippen LogP contribution in [0.3, 0.4) is 0 Å². The molecule has 0 bridgehead atoms. The summed E-state index contributed by atoms with van der Waals surface area (Å²) in [5.74, 6) is 0.796. The van der Waals surface area contributed by atoms with Gasteiger partial charge in [-0.1, -0.05) is 18.2 Å². The van der Waals surface area contributed by atoms with E-state index < -0.39 is 0 Å². The summed E-state index contributed by atoms with van der Waals surface area (Å²) in [6.45, 7) is 3.89. The number of halogens is 1. The van der Waals surface area contributed by atoms with Crippen LogP contribution in [0.15, 0.2) is 28.7 Å². The van der Waals surface area contributed by atoms with E-state index in [1.54, 1.807) is 7.11 Å². The summed E-state index contributed by atoms with van der Waals surface area (Å²) >= 11 is 3.48. The molecular formula is C14H15BrN2O. The van der Waals surface area contributed by atoms with Gasteiger partial charge in [-0.2, -0.15) is 0 Å². The van der Waals surface area contributed by atoms with Crippen molar-refractivity contribution < 1.29 is 4.74 Å². The Morgan fingerprint density at radius 3 is 2.50 bits per heavy atom. The first-order valence-electron chi connectivity index (χ1n) is 5.61. The molecule has 0 amide bonds. The molecule has 1 aromatic carbocycles. The van der Waals surface area contributed by atoms with E-state index in [0.717, 1.165) is 32.7 Å². The zero-order valence-corrected chi connectivity index (χ0v) is 12.2. The van der Waals surface area contributed by atoms with Crippen molar-refractivity contribution in [1.29, 1.82) is 0 Å². The molecule has 0 fully saturated rings. The molecule has 4 heteroatoms. The molecular weight excluding hydrogens is 292 g/mol. The lowest BCUT2D eigenvalue weighted by molar-refractivity contribution is 0.416. The van der Waals surface area contributed by atoms with Crippen LogP contribution in [0.25, 0.3) is 11.1 Å². The number of hydrogen-bond donors (Lipinski definition) is 1. The number of pyridine rings is 1. The molecule has 0 aliphatic rings. The van der Waals surface area contributed by atoms with Crippen molar-refractivity contribution in [3.8, 4) is 16.9 Å². The lowest BCUT2D eigenvalue weighted by Crippen LogP contribution is -2.01. The number of aryl methyl sites for hydroxylation is 2. The molecule has 0 aliphatic heterocycles. The zero-order chi connectivity index (χ0) is 13.3. The second-order valence-corrected chi connectivity index (χ2v) is 4.88. The van der Waals surface area contributed by atoms with E-state index in [4.69, 9.17) is 10.5 Å². The van der Waals surface area contributed by atoms with E-state index in [1.165, 1.54) is 0 Å². The summed E-state index contributed by atoms with van der Waals surface area (Å²) in [5.41, 5.74) is 10.6. The van der Waals surface area contributed by atoms with E-state index in [2.05, 4.69) is 20.9 Å². The van der Waals surface area contributed by atoms with E-state index >= 15 is 0 Å². The average molecular weight is 307 g/mol. The van der Waals surface area contributed by atoms with E-state index in [0.29, 0.717) is 5.69 Å². The number of anilines is 1. The van der Waals surface area contributed by atoms with Gasteiger partial charge in [0.25, 0.3) is 0 Å². The van der Waals surface area contributed by atoms with Crippen molar-refractivity contribution >= 4 is 21.6 Å². The van der Waals surface area contributed by atoms with Gasteiger partial charge in [0.15, 0.2) is 0 Å². The third-order valence-electron chi connectivity index (χ3n) is 2.90. The van der Waals surface area contributed by atoms with Crippen molar-refractivity contribution in [2.24, 2.45) is 0 Å². The van der Waals surface area contributed by atoms with Crippen LogP contribution in [0.5, 0.6) is 5.75 Å². The lowest BCUT2D eigenvalue weighted by atomic mass is 10.0. The van der Waals surface area contributed by atoms with Crippen LogP contribution >= 0.6 is 15.9 Å². The van der Waals surface area contributed by atoms with Crippen LogP contribution in [0.1, 0.15) is 11.4 Å². The maximum Gasteiger partial charge on any atom is 0.126 e. The van der Waals surface area contributed by atoms with Crippen molar-refractivity contribution in [3.63, 3.8) is 0 Å². The number of nitrogens with two attached hydrogens (primary N) is 1. The van der Waals surface area contributed by atoms with Crippen molar-refractivity contribution in [1.82, 2.24) is 4.98 Å². The molecule has 0 saturated heterocycles. The van der Waals surface area contributed by atoms with E-state index in [1.807, 2.05) is 38.1 Å². The van der Waals surface area contributed by atoms with Crippen LogP contribution in [-0.4, -0.2) is 12.1 Å². The van der Waals surface area contributed by atoms with Gasteiger partial charge < -0.3 is 10.5 Å². The van der Waals surface area contributed by atoms with Crippen LogP contribution < -0.4 is 10.5 Å². The second kappa shape index (κ2) is 4.98. The maximum absolute atomic E-state index is 6.20. The standard InChI is InChI=1S/C14H15BrN2O/c1-8-12(14(16)13(15)9(2)17-8)10-6-4-5-7-11(10)18-3/h4-7H,1-3H3,(H2,16,17). The number of ether oxygens (including phenoxy) is 1. The monoisotopic (exact) mass is 306 g/mol. The van der Waals surface area contributed by atoms with E-state index in [-0.39, 0.29) is 0 Å². The predicted octanol–water partition coefficient (Wildman–Crippen LogP) is 3.72. The van der Waals surface area contributed by atoms with Crippen LogP contribution in [0, 0.1) is 13.8 Å². The van der Waals surface area contributed by atoms with Gasteiger partial charge in [-0.15, -0.1) is 0 Å². The van der Waals surface area contributed by atoms with Gasteiger partial charge >= 0.3 is 0 Å². The van der Waals surface area contributed by atoms with Gasteiger partial charge in [-0.3, -0.25) is 4.98 Å². The smallest absolute Gasteiger partial charge is 0.126 e. The highest BCUT2D eigenvalue weighted by molar-refractivity contribution is 9.10. The number of hydrogen-bond acceptors (Lipinski definition) is 3. The molecule has 18 heavy (non-hydrogen) atoms. The predicted molar refractivity (Wildman–Crippen MR) is 77.8 cm³/mol. The number of para-hydroxylation sites is 1. The summed E-state index contributed by atoms with van der Waals surface area (Å²) < 4.78 is 6.22. The van der Waals surface area contributed by atoms with Crippen molar-refractivity contribution in [3.05, 3.63) is 40.1 Å². The molecule has 0 unspecified atom stereocenters. The Balaban J connectivity index is 2.75. The minimum Gasteiger partial charge on any atom is -0.496 e. The SMILES string of the molecule is COc1ccccc1-c1c(C)nc(C)c(Br)c1N. The first-order valence-corrected chi connectivity index (χ1v) is 6.41. The molecule has 3 nitrogen and oxygen atoms in total. The largest absolute Gasteiger partial charge is 0.496 e. The Morgan fingerprint density at radius 1 is 1.17 bits per heavy atom. The van der Waals surface area contributed by atoms with Crippen LogP contribution in [0.2, 0.25) is 0 Å². The minimum absolute atomic E-state index is 0.699. The summed E-state index contributed by atoms with van der Waals surface area (Å²) in [4.78, 5) is 4.50. The zero-order valence-electron chi connectivity index (χ0n) is 10.6. The Hall–Kier alpha value is -1.55. The quantitative estimate of drug-likeness (QED) is 0.920. The molecule has 0 saturated carbocycles. The Bertz CT molecular complexity index is 597. The Kier molecular flexibility index (Phi) is 3.57. The van der Waals surface area contributed by atoms with Gasteiger partial charge in [-0.25, -0.2) is 0 Å². The van der Waals surface area contributed by atoms with Gasteiger partial charge in [0.1, 0.15) is 5.75 Å². The number of methoxy groups -OCH3 is 1. The fourth-order valence-corrected chi connectivity index (χ4v) is 2.33. The normalized spacial score (nSPS) is 10.4. The van der Waals surface area contributed by atoms with Crippen molar-refractivity contribution in [2.45, 2.75) is 13.8 Å². The van der Waals surface area contributed by atoms with Crippen LogP contribution in [0.4, 0.5) is 5.69 Å². The lowest BCUT2D eigenvalue weighted by Gasteiger charge is -2.15. The highest BCUT2D eigenvalue weighted by atomic mass is 79.9. The number of rotatable bonds is 2. The van der Waals surface area contributed by atoms with Crippen LogP contribution in [-0.2, 0) is 0 Å². The first-order chi connectivity index (χ1) is 8.56. The second-order valence-electron chi connectivity index (χ2n) is 4.09. The molecule has 0 radical (unpaired) electrons. The van der Waals surface area contributed by atoms with Crippen molar-refractivity contribution in [2.75, 3.05) is 12.8 Å².